The summed E-state index contributed by atoms with van der Waals surface area (Å²) in [4.78, 5) is 17.5. The van der Waals surface area contributed by atoms with Gasteiger partial charge in [0.05, 0.1) is 22.7 Å². The van der Waals surface area contributed by atoms with Crippen LogP contribution in [0.5, 0.6) is 5.75 Å². The average Bonchev–Trinajstić information content (AvgIpc) is 3.20. The number of likely N-dealkylation sites (tertiary alicyclic amines) is 1. The number of urea groups is 1. The fourth-order valence-corrected chi connectivity index (χ4v) is 6.38. The first-order chi connectivity index (χ1) is 18.5. The van der Waals surface area contributed by atoms with Crippen molar-refractivity contribution in [2.45, 2.75) is 46.0 Å². The van der Waals surface area contributed by atoms with Gasteiger partial charge in [0.15, 0.2) is 0 Å². The van der Waals surface area contributed by atoms with Crippen LogP contribution in [0.3, 0.4) is 0 Å². The number of anilines is 4. The van der Waals surface area contributed by atoms with Gasteiger partial charge in [0.25, 0.3) is 0 Å². The van der Waals surface area contributed by atoms with Gasteiger partial charge in [0.2, 0.25) is 0 Å². The number of nitrogens with zero attached hydrogens (tertiary/aromatic N) is 2. The van der Waals surface area contributed by atoms with Gasteiger partial charge >= 0.3 is 6.03 Å². The highest BCUT2D eigenvalue weighted by molar-refractivity contribution is 6.32. The summed E-state index contributed by atoms with van der Waals surface area (Å²) in [5, 5.41) is 17.2. The number of aromatic hydroxyl groups is 1. The van der Waals surface area contributed by atoms with Gasteiger partial charge in [-0.05, 0) is 80.2 Å². The van der Waals surface area contributed by atoms with Crippen molar-refractivity contribution in [2.75, 3.05) is 41.7 Å². The Kier molecular flexibility index (Phi) is 7.25. The van der Waals surface area contributed by atoms with Crippen molar-refractivity contribution in [2.24, 2.45) is 5.41 Å². The maximum absolute atomic E-state index is 14.3. The van der Waals surface area contributed by atoms with Gasteiger partial charge in [-0.2, -0.15) is 0 Å². The third-order valence-corrected chi connectivity index (χ3v) is 8.01. The zero-order chi connectivity index (χ0) is 27.9. The van der Waals surface area contributed by atoms with Crippen LogP contribution in [0.25, 0.3) is 0 Å². The van der Waals surface area contributed by atoms with Gasteiger partial charge in [-0.3, -0.25) is 0 Å². The third kappa shape index (κ3) is 5.56. The number of phenolic OH excluding ortho intramolecular Hbond substituents is 1. The highest BCUT2D eigenvalue weighted by Gasteiger charge is 2.48. The molecule has 2 aliphatic heterocycles. The summed E-state index contributed by atoms with van der Waals surface area (Å²) in [6.45, 7) is 12.1. The Bertz CT molecular complexity index is 1400. The van der Waals surface area contributed by atoms with Gasteiger partial charge in [-0.1, -0.05) is 50.6 Å². The first-order valence-electron chi connectivity index (χ1n) is 13.4. The smallest absolute Gasteiger partial charge is 0.323 e. The molecule has 5 rings (SSSR count). The number of hydrogen-bond acceptors (Lipinski definition) is 4. The number of rotatable bonds is 4. The Labute approximate surface area is 234 Å². The Balaban J connectivity index is 1.44. The van der Waals surface area contributed by atoms with E-state index in [-0.39, 0.29) is 22.3 Å². The van der Waals surface area contributed by atoms with Gasteiger partial charge in [-0.15, -0.1) is 0 Å². The van der Waals surface area contributed by atoms with Crippen LogP contribution in [-0.2, 0) is 5.41 Å². The Morgan fingerprint density at radius 3 is 2.44 bits per heavy atom. The van der Waals surface area contributed by atoms with E-state index in [0.717, 1.165) is 49.3 Å². The molecular formula is C31H36ClFN4O2. The zero-order valence-corrected chi connectivity index (χ0v) is 23.7. The highest BCUT2D eigenvalue weighted by atomic mass is 35.5. The van der Waals surface area contributed by atoms with Crippen LogP contribution in [0.15, 0.2) is 54.6 Å². The largest absolute Gasteiger partial charge is 0.506 e. The molecule has 0 aliphatic carbocycles. The van der Waals surface area contributed by atoms with E-state index in [4.69, 9.17) is 11.6 Å². The van der Waals surface area contributed by atoms with Gasteiger partial charge < -0.3 is 25.5 Å². The topological polar surface area (TPSA) is 67.8 Å². The van der Waals surface area contributed by atoms with Crippen LogP contribution in [0.2, 0.25) is 5.02 Å². The van der Waals surface area contributed by atoms with Crippen molar-refractivity contribution in [1.29, 1.82) is 0 Å². The molecule has 2 heterocycles. The maximum Gasteiger partial charge on any atom is 0.323 e. The minimum absolute atomic E-state index is 0.104. The standard InChI is InChI=1S/C31H36ClFN4O2/c1-20-9-11-23(22(33)17-20)34-29(39)35-24-7-5-6-8-25(24)37-19-31(27-21(32)10-12-26(38)28(27)37)13-15-36(16-14-31)18-30(2,3)4/h5-12,17,38H,13-16,18-19H2,1-4H3,(H2,34,35,39). The lowest BCUT2D eigenvalue weighted by molar-refractivity contribution is 0.125. The monoisotopic (exact) mass is 550 g/mol. The molecule has 0 atom stereocenters. The summed E-state index contributed by atoms with van der Waals surface area (Å²) >= 11 is 6.83. The lowest BCUT2D eigenvalue weighted by Crippen LogP contribution is -2.47. The quantitative estimate of drug-likeness (QED) is 0.312. The molecule has 1 spiro atoms. The first kappa shape index (κ1) is 27.3. The summed E-state index contributed by atoms with van der Waals surface area (Å²) in [6, 6.07) is 15.0. The lowest BCUT2D eigenvalue weighted by Gasteiger charge is -2.42. The predicted octanol–water partition coefficient (Wildman–Crippen LogP) is 7.67. The molecule has 1 fully saturated rings. The Morgan fingerprint density at radius 1 is 1.05 bits per heavy atom. The molecule has 0 saturated carbocycles. The third-order valence-electron chi connectivity index (χ3n) is 7.69. The van der Waals surface area contributed by atoms with Crippen molar-refractivity contribution in [3.05, 3.63) is 76.6 Å². The molecule has 0 bridgehead atoms. The number of nitrogens with one attached hydrogen (secondary N) is 2. The number of aryl methyl sites for hydroxylation is 1. The van der Waals surface area contributed by atoms with E-state index in [9.17, 15) is 14.3 Å². The minimum atomic E-state index is -0.551. The van der Waals surface area contributed by atoms with Crippen LogP contribution < -0.4 is 15.5 Å². The number of carbonyl (C=O) groups excluding carboxylic acids is 1. The Morgan fingerprint density at radius 2 is 1.74 bits per heavy atom. The molecule has 2 aliphatic rings. The number of para-hydroxylation sites is 2. The number of hydrogen-bond donors (Lipinski definition) is 3. The van der Waals surface area contributed by atoms with E-state index < -0.39 is 11.8 Å². The van der Waals surface area contributed by atoms with Crippen molar-refractivity contribution < 1.29 is 14.3 Å². The number of piperidine rings is 1. The number of benzene rings is 3. The summed E-state index contributed by atoms with van der Waals surface area (Å²) in [7, 11) is 0. The first-order valence-corrected chi connectivity index (χ1v) is 13.8. The van der Waals surface area contributed by atoms with Crippen molar-refractivity contribution in [3.8, 4) is 5.75 Å². The lowest BCUT2D eigenvalue weighted by atomic mass is 9.74. The zero-order valence-electron chi connectivity index (χ0n) is 22.9. The maximum atomic E-state index is 14.3. The molecule has 39 heavy (non-hydrogen) atoms. The second kappa shape index (κ2) is 10.4. The average molecular weight is 551 g/mol. The summed E-state index contributed by atoms with van der Waals surface area (Å²) < 4.78 is 14.3. The number of fused-ring (bicyclic) bond motifs is 2. The van der Waals surface area contributed by atoms with Crippen molar-refractivity contribution in [3.63, 3.8) is 0 Å². The van der Waals surface area contributed by atoms with Crippen molar-refractivity contribution in [1.82, 2.24) is 4.90 Å². The molecule has 0 unspecified atom stereocenters. The summed E-state index contributed by atoms with van der Waals surface area (Å²) in [6.07, 6.45) is 1.83. The van der Waals surface area contributed by atoms with Crippen LogP contribution >= 0.6 is 11.6 Å². The molecule has 6 nitrogen and oxygen atoms in total. The number of carbonyl (C=O) groups is 1. The molecule has 3 N–H and O–H groups in total. The molecule has 3 aromatic carbocycles. The molecule has 8 heteroatoms. The SMILES string of the molecule is Cc1ccc(NC(=O)Nc2ccccc2N2CC3(CCN(CC(C)(C)C)CC3)c3c(Cl)ccc(O)c32)c(F)c1. The fraction of sp³-hybridized carbons (Fsp3) is 0.387. The van der Waals surface area contributed by atoms with E-state index in [2.05, 4.69) is 41.2 Å². The Hall–Kier alpha value is -3.29. The van der Waals surface area contributed by atoms with E-state index in [0.29, 0.717) is 22.9 Å². The van der Waals surface area contributed by atoms with E-state index >= 15 is 0 Å². The van der Waals surface area contributed by atoms with E-state index in [1.165, 1.54) is 6.07 Å². The van der Waals surface area contributed by atoms with Gasteiger partial charge in [0, 0.05) is 29.1 Å². The molecule has 0 radical (unpaired) electrons. The van der Waals surface area contributed by atoms with Crippen LogP contribution in [0.1, 0.15) is 44.7 Å². The van der Waals surface area contributed by atoms with Crippen LogP contribution in [0, 0.1) is 18.2 Å². The molecule has 2 amide bonds. The molecule has 206 valence electrons. The molecule has 3 aromatic rings. The van der Waals surface area contributed by atoms with Gasteiger partial charge in [-0.25, -0.2) is 9.18 Å². The van der Waals surface area contributed by atoms with Crippen LogP contribution in [-0.4, -0.2) is 42.2 Å². The minimum Gasteiger partial charge on any atom is -0.506 e. The van der Waals surface area contributed by atoms with E-state index in [1.807, 2.05) is 18.2 Å². The highest BCUT2D eigenvalue weighted by Crippen LogP contribution is 2.56. The number of phenols is 1. The van der Waals surface area contributed by atoms with Crippen molar-refractivity contribution >= 4 is 40.4 Å². The summed E-state index contributed by atoms with van der Waals surface area (Å²) in [5.41, 5.74) is 3.82. The van der Waals surface area contributed by atoms with Crippen LogP contribution in [0.4, 0.5) is 31.9 Å². The van der Waals surface area contributed by atoms with Gasteiger partial charge in [0.1, 0.15) is 11.6 Å². The molecular weight excluding hydrogens is 515 g/mol. The number of amides is 2. The normalized spacial score (nSPS) is 16.8. The second-order valence-electron chi connectivity index (χ2n) is 12.1. The predicted molar refractivity (Wildman–Crippen MR) is 157 cm³/mol. The summed E-state index contributed by atoms with van der Waals surface area (Å²) in [5.74, 6) is -0.337. The number of halogens is 2. The molecule has 0 aromatic heterocycles. The fourth-order valence-electron chi connectivity index (χ4n) is 6.03. The molecule has 1 saturated heterocycles. The second-order valence-corrected chi connectivity index (χ2v) is 12.5. The van der Waals surface area contributed by atoms with E-state index in [1.54, 1.807) is 37.3 Å².